The van der Waals surface area contributed by atoms with Crippen molar-refractivity contribution < 1.29 is 13.9 Å². The molecule has 23 heavy (non-hydrogen) atoms. The lowest BCUT2D eigenvalue weighted by molar-refractivity contribution is -0.140. The number of nitrogens with zero attached hydrogens (tertiary/aromatic N) is 3. The molecule has 3 rings (SSSR count). The molecule has 0 N–H and O–H groups in total. The van der Waals surface area contributed by atoms with Crippen molar-refractivity contribution in [3.63, 3.8) is 0 Å². The zero-order chi connectivity index (χ0) is 16.2. The Morgan fingerprint density at radius 2 is 1.74 bits per heavy atom. The lowest BCUT2D eigenvalue weighted by Gasteiger charge is -2.40. The van der Waals surface area contributed by atoms with E-state index >= 15 is 0 Å². The first kappa shape index (κ1) is 16.2. The molecule has 0 radical (unpaired) electrons. The van der Waals surface area contributed by atoms with E-state index in [9.17, 15) is 9.18 Å². The van der Waals surface area contributed by atoms with Gasteiger partial charge in [-0.2, -0.15) is 0 Å². The maximum atomic E-state index is 13.9. The highest BCUT2D eigenvalue weighted by molar-refractivity contribution is 5.81. The highest BCUT2D eigenvalue weighted by atomic mass is 19.1. The summed E-state index contributed by atoms with van der Waals surface area (Å²) in [5, 5.41) is 0. The number of morpholine rings is 1. The van der Waals surface area contributed by atoms with E-state index in [2.05, 4.69) is 9.80 Å². The number of para-hydroxylation sites is 1. The van der Waals surface area contributed by atoms with Crippen LogP contribution in [0.25, 0.3) is 0 Å². The standard InChI is InChI=1S/C17H24FN3O2/c1-14(17(22)21-10-12-23-13-11-21)19-6-8-20(9-7-19)16-5-3-2-4-15(16)18/h2-5,14H,6-13H2,1H3. The van der Waals surface area contributed by atoms with E-state index in [1.165, 1.54) is 6.07 Å². The van der Waals surface area contributed by atoms with Crippen LogP contribution in [0.3, 0.4) is 0 Å². The highest BCUT2D eigenvalue weighted by Crippen LogP contribution is 2.21. The van der Waals surface area contributed by atoms with Crippen LogP contribution in [0.5, 0.6) is 0 Å². The Hall–Kier alpha value is -1.66. The minimum absolute atomic E-state index is 0.129. The van der Waals surface area contributed by atoms with Crippen LogP contribution in [-0.2, 0) is 9.53 Å². The molecule has 2 aliphatic rings. The Balaban J connectivity index is 1.56. The predicted octanol–water partition coefficient (Wildman–Crippen LogP) is 1.19. The summed E-state index contributed by atoms with van der Waals surface area (Å²) >= 11 is 0. The van der Waals surface area contributed by atoms with Crippen LogP contribution in [0.1, 0.15) is 6.92 Å². The first-order chi connectivity index (χ1) is 11.2. The minimum atomic E-state index is -0.182. The molecule has 2 saturated heterocycles. The van der Waals surface area contributed by atoms with E-state index in [0.717, 1.165) is 26.2 Å². The van der Waals surface area contributed by atoms with E-state index in [4.69, 9.17) is 4.74 Å². The normalized spacial score (nSPS) is 21.3. The van der Waals surface area contributed by atoms with E-state index in [1.54, 1.807) is 6.07 Å². The number of hydrogen-bond donors (Lipinski definition) is 0. The Labute approximate surface area is 136 Å². The van der Waals surface area contributed by atoms with Crippen molar-refractivity contribution >= 4 is 11.6 Å². The predicted molar refractivity (Wildman–Crippen MR) is 87.0 cm³/mol. The third-order valence-corrected chi connectivity index (χ3v) is 4.74. The number of carbonyl (C=O) groups excluding carboxylic acids is 1. The average molecular weight is 321 g/mol. The molecule has 2 aliphatic heterocycles. The maximum Gasteiger partial charge on any atom is 0.239 e. The molecule has 1 amide bonds. The number of amides is 1. The van der Waals surface area contributed by atoms with Crippen molar-refractivity contribution in [2.45, 2.75) is 13.0 Å². The first-order valence-corrected chi connectivity index (χ1v) is 8.27. The van der Waals surface area contributed by atoms with Gasteiger partial charge in [0.25, 0.3) is 0 Å². The van der Waals surface area contributed by atoms with Gasteiger partial charge in [0.2, 0.25) is 5.91 Å². The van der Waals surface area contributed by atoms with E-state index in [-0.39, 0.29) is 17.8 Å². The molecule has 1 unspecified atom stereocenters. The van der Waals surface area contributed by atoms with Gasteiger partial charge in [0, 0.05) is 39.3 Å². The van der Waals surface area contributed by atoms with Gasteiger partial charge in [0.1, 0.15) is 5.82 Å². The largest absolute Gasteiger partial charge is 0.378 e. The quantitative estimate of drug-likeness (QED) is 0.838. The molecule has 5 nitrogen and oxygen atoms in total. The fourth-order valence-electron chi connectivity index (χ4n) is 3.26. The van der Waals surface area contributed by atoms with Gasteiger partial charge < -0.3 is 14.5 Å². The van der Waals surface area contributed by atoms with Crippen LogP contribution < -0.4 is 4.90 Å². The Morgan fingerprint density at radius 1 is 1.09 bits per heavy atom. The number of anilines is 1. The number of benzene rings is 1. The summed E-state index contributed by atoms with van der Waals surface area (Å²) in [6, 6.07) is 6.74. The summed E-state index contributed by atoms with van der Waals surface area (Å²) in [6.07, 6.45) is 0. The fourth-order valence-corrected chi connectivity index (χ4v) is 3.26. The van der Waals surface area contributed by atoms with Gasteiger partial charge in [-0.1, -0.05) is 12.1 Å². The maximum absolute atomic E-state index is 13.9. The minimum Gasteiger partial charge on any atom is -0.378 e. The van der Waals surface area contributed by atoms with Crippen molar-refractivity contribution in [1.29, 1.82) is 0 Å². The van der Waals surface area contributed by atoms with Gasteiger partial charge >= 0.3 is 0 Å². The molecule has 0 aromatic heterocycles. The number of piperazine rings is 1. The third kappa shape index (κ3) is 3.64. The summed E-state index contributed by atoms with van der Waals surface area (Å²) < 4.78 is 19.2. The average Bonchev–Trinajstić information content (AvgIpc) is 2.62. The lowest BCUT2D eigenvalue weighted by atomic mass is 10.1. The van der Waals surface area contributed by atoms with Crippen molar-refractivity contribution in [2.75, 3.05) is 57.4 Å². The first-order valence-electron chi connectivity index (χ1n) is 8.27. The Bertz CT molecular complexity index is 540. The molecule has 0 bridgehead atoms. The van der Waals surface area contributed by atoms with Crippen LogP contribution in [0.15, 0.2) is 24.3 Å². The van der Waals surface area contributed by atoms with Gasteiger partial charge in [0.15, 0.2) is 0 Å². The van der Waals surface area contributed by atoms with Crippen molar-refractivity contribution in [2.24, 2.45) is 0 Å². The lowest BCUT2D eigenvalue weighted by Crippen LogP contribution is -2.56. The number of halogens is 1. The summed E-state index contributed by atoms with van der Waals surface area (Å²) in [5.41, 5.74) is 0.652. The van der Waals surface area contributed by atoms with E-state index in [0.29, 0.717) is 32.0 Å². The molecule has 2 fully saturated rings. The Morgan fingerprint density at radius 3 is 2.39 bits per heavy atom. The third-order valence-electron chi connectivity index (χ3n) is 4.74. The van der Waals surface area contributed by atoms with E-state index < -0.39 is 0 Å². The number of carbonyl (C=O) groups is 1. The molecular formula is C17H24FN3O2. The summed E-state index contributed by atoms with van der Waals surface area (Å²) in [7, 11) is 0. The van der Waals surface area contributed by atoms with Gasteiger partial charge in [-0.3, -0.25) is 9.69 Å². The summed E-state index contributed by atoms with van der Waals surface area (Å²) in [5.74, 6) is -0.00830. The van der Waals surface area contributed by atoms with Crippen LogP contribution in [0.2, 0.25) is 0 Å². The number of ether oxygens (including phenoxy) is 1. The van der Waals surface area contributed by atoms with E-state index in [1.807, 2.05) is 24.0 Å². The monoisotopic (exact) mass is 321 g/mol. The molecule has 0 aliphatic carbocycles. The molecule has 2 heterocycles. The summed E-state index contributed by atoms with van der Waals surface area (Å²) in [4.78, 5) is 18.7. The smallest absolute Gasteiger partial charge is 0.239 e. The molecular weight excluding hydrogens is 297 g/mol. The molecule has 1 aromatic rings. The SMILES string of the molecule is CC(C(=O)N1CCOCC1)N1CCN(c2ccccc2F)CC1. The molecule has 1 atom stereocenters. The topological polar surface area (TPSA) is 36.0 Å². The van der Waals surface area contributed by atoms with Crippen molar-refractivity contribution in [3.8, 4) is 0 Å². The van der Waals surface area contributed by atoms with Gasteiger partial charge in [-0.25, -0.2) is 4.39 Å². The van der Waals surface area contributed by atoms with Gasteiger partial charge in [-0.05, 0) is 19.1 Å². The molecule has 0 saturated carbocycles. The van der Waals surface area contributed by atoms with Gasteiger partial charge in [0.05, 0.1) is 24.9 Å². The second-order valence-electron chi connectivity index (χ2n) is 6.09. The van der Waals surface area contributed by atoms with Crippen molar-refractivity contribution in [1.82, 2.24) is 9.80 Å². The zero-order valence-corrected chi connectivity index (χ0v) is 13.6. The van der Waals surface area contributed by atoms with Crippen LogP contribution in [-0.4, -0.2) is 74.2 Å². The van der Waals surface area contributed by atoms with Gasteiger partial charge in [-0.15, -0.1) is 0 Å². The van der Waals surface area contributed by atoms with Crippen LogP contribution in [0.4, 0.5) is 10.1 Å². The molecule has 0 spiro atoms. The number of rotatable bonds is 3. The summed E-state index contributed by atoms with van der Waals surface area (Å²) in [6.45, 7) is 7.59. The second-order valence-corrected chi connectivity index (χ2v) is 6.09. The van der Waals surface area contributed by atoms with Crippen LogP contribution in [0, 0.1) is 5.82 Å². The fraction of sp³-hybridized carbons (Fsp3) is 0.588. The highest BCUT2D eigenvalue weighted by Gasteiger charge is 2.29. The molecule has 126 valence electrons. The van der Waals surface area contributed by atoms with Crippen LogP contribution >= 0.6 is 0 Å². The molecule has 1 aromatic carbocycles. The second kappa shape index (κ2) is 7.27. The molecule has 6 heteroatoms. The Kier molecular flexibility index (Phi) is 5.13. The zero-order valence-electron chi connectivity index (χ0n) is 13.6. The van der Waals surface area contributed by atoms with Crippen molar-refractivity contribution in [3.05, 3.63) is 30.1 Å². The number of hydrogen-bond acceptors (Lipinski definition) is 4.